The van der Waals surface area contributed by atoms with Crippen molar-refractivity contribution in [2.45, 2.75) is 38.6 Å². The lowest BCUT2D eigenvalue weighted by Gasteiger charge is -2.26. The van der Waals surface area contributed by atoms with E-state index in [0.29, 0.717) is 0 Å². The summed E-state index contributed by atoms with van der Waals surface area (Å²) in [5.41, 5.74) is 3.86. The smallest absolute Gasteiger partial charge is 0.258 e. The predicted molar refractivity (Wildman–Crippen MR) is 91.6 cm³/mol. The number of fused-ring (bicyclic) bond motifs is 1. The van der Waals surface area contributed by atoms with Gasteiger partial charge in [0.1, 0.15) is 5.75 Å². The average molecular weight is 309 g/mol. The van der Waals surface area contributed by atoms with Crippen LogP contribution in [0.2, 0.25) is 0 Å². The van der Waals surface area contributed by atoms with Gasteiger partial charge >= 0.3 is 0 Å². The molecular formula is C20H23NO2. The van der Waals surface area contributed by atoms with Crippen molar-refractivity contribution in [3.8, 4) is 5.75 Å². The van der Waals surface area contributed by atoms with E-state index in [2.05, 4.69) is 30.4 Å². The second-order valence-corrected chi connectivity index (χ2v) is 6.00. The lowest BCUT2D eigenvalue weighted by molar-refractivity contribution is -0.123. The van der Waals surface area contributed by atoms with Gasteiger partial charge in [-0.1, -0.05) is 43.3 Å². The summed E-state index contributed by atoms with van der Waals surface area (Å²) in [6.07, 6.45) is 4.21. The Labute approximate surface area is 137 Å². The van der Waals surface area contributed by atoms with E-state index in [9.17, 15) is 4.79 Å². The van der Waals surface area contributed by atoms with Gasteiger partial charge in [-0.2, -0.15) is 0 Å². The van der Waals surface area contributed by atoms with Gasteiger partial charge < -0.3 is 10.1 Å². The average Bonchev–Trinajstić information content (AvgIpc) is 2.61. The summed E-state index contributed by atoms with van der Waals surface area (Å²) in [4.78, 5) is 12.2. The molecule has 0 spiro atoms. The van der Waals surface area contributed by atoms with Crippen molar-refractivity contribution < 1.29 is 9.53 Å². The van der Waals surface area contributed by atoms with Gasteiger partial charge in [-0.15, -0.1) is 0 Å². The summed E-state index contributed by atoms with van der Waals surface area (Å²) >= 11 is 0. The van der Waals surface area contributed by atoms with Crippen molar-refractivity contribution >= 4 is 5.91 Å². The van der Waals surface area contributed by atoms with Gasteiger partial charge in [0.2, 0.25) is 0 Å². The van der Waals surface area contributed by atoms with Crippen molar-refractivity contribution in [2.75, 3.05) is 6.61 Å². The second kappa shape index (κ2) is 7.32. The molecular weight excluding hydrogens is 286 g/mol. The Balaban J connectivity index is 1.55. The molecule has 1 N–H and O–H groups in total. The van der Waals surface area contributed by atoms with Crippen LogP contribution in [-0.4, -0.2) is 12.5 Å². The summed E-state index contributed by atoms with van der Waals surface area (Å²) < 4.78 is 5.58. The molecule has 2 aromatic carbocycles. The number of amides is 1. The quantitative estimate of drug-likeness (QED) is 0.912. The number of hydrogen-bond donors (Lipinski definition) is 1. The molecule has 0 bridgehead atoms. The molecule has 1 aliphatic rings. The molecule has 2 aromatic rings. The van der Waals surface area contributed by atoms with Gasteiger partial charge in [0, 0.05) is 0 Å². The molecule has 3 rings (SSSR count). The number of nitrogens with one attached hydrogen (secondary N) is 1. The minimum atomic E-state index is -0.0636. The van der Waals surface area contributed by atoms with E-state index in [-0.39, 0.29) is 18.6 Å². The van der Waals surface area contributed by atoms with Crippen LogP contribution < -0.4 is 10.1 Å². The molecule has 3 nitrogen and oxygen atoms in total. The van der Waals surface area contributed by atoms with Gasteiger partial charge in [0.15, 0.2) is 6.61 Å². The van der Waals surface area contributed by atoms with E-state index < -0.39 is 0 Å². The number of aryl methyl sites for hydroxylation is 2. The second-order valence-electron chi connectivity index (χ2n) is 6.00. The molecule has 120 valence electrons. The number of rotatable bonds is 5. The molecule has 0 radical (unpaired) electrons. The van der Waals surface area contributed by atoms with Crippen molar-refractivity contribution in [3.05, 3.63) is 65.2 Å². The summed E-state index contributed by atoms with van der Waals surface area (Å²) in [5.74, 6) is 0.674. The highest BCUT2D eigenvalue weighted by atomic mass is 16.5. The molecule has 23 heavy (non-hydrogen) atoms. The molecule has 0 aromatic heterocycles. The maximum atomic E-state index is 12.2. The molecule has 1 aliphatic carbocycles. The van der Waals surface area contributed by atoms with E-state index in [1.54, 1.807) is 0 Å². The monoisotopic (exact) mass is 309 g/mol. The van der Waals surface area contributed by atoms with Crippen LogP contribution in [0.25, 0.3) is 0 Å². The Bertz CT molecular complexity index is 664. The van der Waals surface area contributed by atoms with Crippen molar-refractivity contribution in [1.82, 2.24) is 5.32 Å². The molecule has 0 heterocycles. The van der Waals surface area contributed by atoms with Crippen molar-refractivity contribution in [3.63, 3.8) is 0 Å². The summed E-state index contributed by atoms with van der Waals surface area (Å²) in [5, 5.41) is 3.10. The standard InChI is InChI=1S/C20H23NO2/c1-2-15-10-12-17(13-11-15)23-14-20(22)21-19-9-5-7-16-6-3-4-8-18(16)19/h3-4,6,8,10-13,19H,2,5,7,9,14H2,1H3,(H,21,22)/t19-/m1/s1. The lowest BCUT2D eigenvalue weighted by atomic mass is 9.88. The normalized spacial score (nSPS) is 16.5. The Hall–Kier alpha value is -2.29. The van der Waals surface area contributed by atoms with Crippen molar-refractivity contribution in [2.24, 2.45) is 0 Å². The lowest BCUT2D eigenvalue weighted by Crippen LogP contribution is -2.34. The largest absolute Gasteiger partial charge is 0.484 e. The van der Waals surface area contributed by atoms with Crippen LogP contribution in [0.1, 0.15) is 42.5 Å². The Morgan fingerprint density at radius 2 is 1.96 bits per heavy atom. The van der Waals surface area contributed by atoms with Crippen LogP contribution in [0.3, 0.4) is 0 Å². The van der Waals surface area contributed by atoms with E-state index in [0.717, 1.165) is 31.4 Å². The maximum Gasteiger partial charge on any atom is 0.258 e. The zero-order valence-corrected chi connectivity index (χ0v) is 13.5. The predicted octanol–water partition coefficient (Wildman–Crippen LogP) is 3.82. The first-order valence-electron chi connectivity index (χ1n) is 8.35. The molecule has 1 amide bonds. The first kappa shape index (κ1) is 15.6. The molecule has 0 saturated heterocycles. The molecule has 0 fully saturated rings. The van der Waals surface area contributed by atoms with Crippen LogP contribution in [-0.2, 0) is 17.6 Å². The minimum absolute atomic E-state index is 0.0597. The summed E-state index contributed by atoms with van der Waals surface area (Å²) in [6.45, 7) is 2.18. The molecule has 3 heteroatoms. The highest BCUT2D eigenvalue weighted by Gasteiger charge is 2.21. The van der Waals surface area contributed by atoms with Gasteiger partial charge in [-0.05, 0) is 54.5 Å². The zero-order valence-electron chi connectivity index (χ0n) is 13.5. The van der Waals surface area contributed by atoms with Crippen LogP contribution >= 0.6 is 0 Å². The Morgan fingerprint density at radius 1 is 1.17 bits per heavy atom. The third kappa shape index (κ3) is 3.92. The van der Waals surface area contributed by atoms with E-state index in [4.69, 9.17) is 4.74 Å². The van der Waals surface area contributed by atoms with Gasteiger partial charge in [0.25, 0.3) is 5.91 Å². The molecule has 0 unspecified atom stereocenters. The maximum absolute atomic E-state index is 12.2. The fourth-order valence-corrected chi connectivity index (χ4v) is 3.11. The zero-order chi connectivity index (χ0) is 16.1. The van der Waals surface area contributed by atoms with Gasteiger partial charge in [0.05, 0.1) is 6.04 Å². The molecule has 0 aliphatic heterocycles. The summed E-state index contributed by atoms with van der Waals surface area (Å²) in [7, 11) is 0. The number of benzene rings is 2. The Kier molecular flexibility index (Phi) is 4.96. The van der Waals surface area contributed by atoms with Crippen LogP contribution in [0.5, 0.6) is 5.75 Å². The highest BCUT2D eigenvalue weighted by molar-refractivity contribution is 5.78. The third-order valence-corrected chi connectivity index (χ3v) is 4.41. The van der Waals surface area contributed by atoms with Crippen LogP contribution in [0.4, 0.5) is 0 Å². The number of carbonyl (C=O) groups is 1. The first-order chi connectivity index (χ1) is 11.3. The van der Waals surface area contributed by atoms with Crippen LogP contribution in [0, 0.1) is 0 Å². The molecule has 0 saturated carbocycles. The minimum Gasteiger partial charge on any atom is -0.484 e. The molecule has 1 atom stereocenters. The number of carbonyl (C=O) groups excluding carboxylic acids is 1. The highest BCUT2D eigenvalue weighted by Crippen LogP contribution is 2.29. The van der Waals surface area contributed by atoms with Crippen LogP contribution in [0.15, 0.2) is 48.5 Å². The van der Waals surface area contributed by atoms with E-state index in [1.807, 2.05) is 30.3 Å². The van der Waals surface area contributed by atoms with E-state index in [1.165, 1.54) is 16.7 Å². The number of hydrogen-bond acceptors (Lipinski definition) is 2. The summed E-state index contributed by atoms with van der Waals surface area (Å²) in [6, 6.07) is 16.4. The fourth-order valence-electron chi connectivity index (χ4n) is 3.11. The number of ether oxygens (including phenoxy) is 1. The SMILES string of the molecule is CCc1ccc(OCC(=O)N[C@@H]2CCCc3ccccc32)cc1. The first-order valence-corrected chi connectivity index (χ1v) is 8.35. The Morgan fingerprint density at radius 3 is 2.74 bits per heavy atom. The third-order valence-electron chi connectivity index (χ3n) is 4.41. The van der Waals surface area contributed by atoms with E-state index >= 15 is 0 Å². The van der Waals surface area contributed by atoms with Gasteiger partial charge in [-0.3, -0.25) is 4.79 Å². The topological polar surface area (TPSA) is 38.3 Å². The fraction of sp³-hybridized carbons (Fsp3) is 0.350. The van der Waals surface area contributed by atoms with Gasteiger partial charge in [-0.25, -0.2) is 0 Å². The van der Waals surface area contributed by atoms with Crippen molar-refractivity contribution in [1.29, 1.82) is 0 Å².